The second-order valence-electron chi connectivity index (χ2n) is 7.72. The maximum absolute atomic E-state index is 6.00. The molecule has 2 N–H and O–H groups in total. The fourth-order valence-electron chi connectivity index (χ4n) is 3.72. The van der Waals surface area contributed by atoms with E-state index in [4.69, 9.17) is 14.2 Å². The second kappa shape index (κ2) is 11.3. The number of methoxy groups -OCH3 is 2. The lowest BCUT2D eigenvalue weighted by Crippen LogP contribution is -2.43. The molecular formula is C24H34N4O3. The number of guanidine groups is 1. The number of para-hydroxylation sites is 2. The van der Waals surface area contributed by atoms with E-state index in [-0.39, 0.29) is 6.10 Å². The van der Waals surface area contributed by atoms with Gasteiger partial charge in [0.05, 0.1) is 20.8 Å². The van der Waals surface area contributed by atoms with Crippen LogP contribution in [0.25, 0.3) is 0 Å². The molecule has 0 aromatic heterocycles. The zero-order valence-corrected chi connectivity index (χ0v) is 18.9. The molecular weight excluding hydrogens is 392 g/mol. The number of nitrogens with one attached hydrogen (secondary N) is 2. The predicted octanol–water partition coefficient (Wildman–Crippen LogP) is 3.16. The van der Waals surface area contributed by atoms with Crippen molar-refractivity contribution in [2.45, 2.75) is 19.4 Å². The van der Waals surface area contributed by atoms with E-state index >= 15 is 0 Å². The normalized spacial score (nSPS) is 17.2. The SMILES string of the molecule is CN=C(NCC1CCN(c2cccc(OC)c2)C1)NCC(C)Oc1ccccc1OC. The summed E-state index contributed by atoms with van der Waals surface area (Å²) in [5.41, 5.74) is 1.21. The van der Waals surface area contributed by atoms with Gasteiger partial charge in [0, 0.05) is 38.4 Å². The fraction of sp³-hybridized carbons (Fsp3) is 0.458. The highest BCUT2D eigenvalue weighted by Crippen LogP contribution is 2.27. The molecule has 0 amide bonds. The Morgan fingerprint density at radius 2 is 1.90 bits per heavy atom. The van der Waals surface area contributed by atoms with Gasteiger partial charge in [-0.25, -0.2) is 0 Å². The molecule has 0 bridgehead atoms. The Labute approximate surface area is 185 Å². The van der Waals surface area contributed by atoms with Gasteiger partial charge in [-0.1, -0.05) is 18.2 Å². The van der Waals surface area contributed by atoms with Crippen LogP contribution in [0.1, 0.15) is 13.3 Å². The summed E-state index contributed by atoms with van der Waals surface area (Å²) < 4.78 is 16.7. The van der Waals surface area contributed by atoms with Crippen LogP contribution in [0.3, 0.4) is 0 Å². The first-order valence-electron chi connectivity index (χ1n) is 10.8. The average Bonchev–Trinajstić information content (AvgIpc) is 3.28. The molecule has 168 valence electrons. The highest BCUT2D eigenvalue weighted by molar-refractivity contribution is 5.79. The van der Waals surface area contributed by atoms with Gasteiger partial charge >= 0.3 is 0 Å². The van der Waals surface area contributed by atoms with Gasteiger partial charge in [0.15, 0.2) is 17.5 Å². The molecule has 7 nitrogen and oxygen atoms in total. The van der Waals surface area contributed by atoms with Crippen molar-refractivity contribution in [3.05, 3.63) is 48.5 Å². The Morgan fingerprint density at radius 3 is 2.65 bits per heavy atom. The van der Waals surface area contributed by atoms with Crippen molar-refractivity contribution in [2.75, 3.05) is 52.3 Å². The maximum Gasteiger partial charge on any atom is 0.191 e. The fourth-order valence-corrected chi connectivity index (χ4v) is 3.72. The van der Waals surface area contributed by atoms with Gasteiger partial charge in [-0.15, -0.1) is 0 Å². The van der Waals surface area contributed by atoms with Gasteiger partial charge in [-0.3, -0.25) is 4.99 Å². The quantitative estimate of drug-likeness (QED) is 0.474. The number of hydrogen-bond acceptors (Lipinski definition) is 5. The third-order valence-electron chi connectivity index (χ3n) is 5.44. The molecule has 1 fully saturated rings. The Kier molecular flexibility index (Phi) is 8.27. The summed E-state index contributed by atoms with van der Waals surface area (Å²) in [7, 11) is 5.14. The van der Waals surface area contributed by atoms with Gasteiger partial charge in [0.25, 0.3) is 0 Å². The van der Waals surface area contributed by atoms with E-state index in [1.807, 2.05) is 43.3 Å². The van der Waals surface area contributed by atoms with Crippen LogP contribution in [0.4, 0.5) is 5.69 Å². The number of aliphatic imine (C=N–C) groups is 1. The van der Waals surface area contributed by atoms with Gasteiger partial charge in [-0.05, 0) is 43.5 Å². The summed E-state index contributed by atoms with van der Waals surface area (Å²) >= 11 is 0. The number of nitrogens with zero attached hydrogens (tertiary/aromatic N) is 2. The van der Waals surface area contributed by atoms with E-state index in [1.54, 1.807) is 21.3 Å². The lowest BCUT2D eigenvalue weighted by atomic mass is 10.1. The summed E-state index contributed by atoms with van der Waals surface area (Å²) in [6.07, 6.45) is 1.11. The molecule has 2 atom stereocenters. The summed E-state index contributed by atoms with van der Waals surface area (Å²) in [6.45, 7) is 5.61. The van der Waals surface area contributed by atoms with E-state index in [0.717, 1.165) is 49.3 Å². The summed E-state index contributed by atoms with van der Waals surface area (Å²) in [4.78, 5) is 6.76. The first-order chi connectivity index (χ1) is 15.1. The van der Waals surface area contributed by atoms with Crippen LogP contribution in [-0.4, -0.2) is 59.5 Å². The minimum atomic E-state index is -0.0371. The van der Waals surface area contributed by atoms with Gasteiger partial charge in [0.2, 0.25) is 0 Å². The second-order valence-corrected chi connectivity index (χ2v) is 7.72. The topological polar surface area (TPSA) is 67.4 Å². The van der Waals surface area contributed by atoms with Gasteiger partial charge in [0.1, 0.15) is 11.9 Å². The number of hydrogen-bond donors (Lipinski definition) is 2. The van der Waals surface area contributed by atoms with Gasteiger partial charge < -0.3 is 29.7 Å². The predicted molar refractivity (Wildman–Crippen MR) is 126 cm³/mol. The molecule has 3 rings (SSSR count). The molecule has 1 aliphatic rings. The average molecular weight is 427 g/mol. The standard InChI is InChI=1S/C24H34N4O3/c1-18(31-23-11-6-5-10-22(23)30-4)15-26-24(25-2)27-16-19-12-13-28(17-19)20-8-7-9-21(14-20)29-3/h5-11,14,18-19H,12-13,15-17H2,1-4H3,(H2,25,26,27). The minimum Gasteiger partial charge on any atom is -0.497 e. The molecule has 0 aliphatic carbocycles. The number of anilines is 1. The molecule has 0 saturated carbocycles. The molecule has 0 spiro atoms. The van der Waals surface area contributed by atoms with Crippen LogP contribution >= 0.6 is 0 Å². The highest BCUT2D eigenvalue weighted by atomic mass is 16.5. The molecule has 1 saturated heterocycles. The van der Waals surface area contributed by atoms with Crippen LogP contribution in [-0.2, 0) is 0 Å². The molecule has 2 aromatic carbocycles. The maximum atomic E-state index is 6.00. The van der Waals surface area contributed by atoms with Crippen molar-refractivity contribution in [2.24, 2.45) is 10.9 Å². The zero-order valence-electron chi connectivity index (χ0n) is 18.9. The van der Waals surface area contributed by atoms with Crippen molar-refractivity contribution in [3.63, 3.8) is 0 Å². The van der Waals surface area contributed by atoms with E-state index in [0.29, 0.717) is 12.5 Å². The van der Waals surface area contributed by atoms with Crippen LogP contribution in [0.2, 0.25) is 0 Å². The molecule has 0 radical (unpaired) electrons. The van der Waals surface area contributed by atoms with Crippen molar-refractivity contribution in [1.29, 1.82) is 0 Å². The Hall–Kier alpha value is -3.09. The summed E-state index contributed by atoms with van der Waals surface area (Å²) in [5.74, 6) is 3.72. The molecule has 2 unspecified atom stereocenters. The minimum absolute atomic E-state index is 0.0371. The van der Waals surface area contributed by atoms with E-state index in [9.17, 15) is 0 Å². The molecule has 1 heterocycles. The molecule has 1 aliphatic heterocycles. The summed E-state index contributed by atoms with van der Waals surface area (Å²) in [5, 5.41) is 6.81. The Morgan fingerprint density at radius 1 is 1.10 bits per heavy atom. The lowest BCUT2D eigenvalue weighted by molar-refractivity contribution is 0.213. The third-order valence-corrected chi connectivity index (χ3v) is 5.44. The lowest BCUT2D eigenvalue weighted by Gasteiger charge is -2.21. The largest absolute Gasteiger partial charge is 0.497 e. The van der Waals surface area contributed by atoms with E-state index in [2.05, 4.69) is 32.7 Å². The van der Waals surface area contributed by atoms with Crippen LogP contribution in [0, 0.1) is 5.92 Å². The Balaban J connectivity index is 1.42. The van der Waals surface area contributed by atoms with Crippen LogP contribution in [0.5, 0.6) is 17.2 Å². The third kappa shape index (κ3) is 6.44. The van der Waals surface area contributed by atoms with E-state index in [1.165, 1.54) is 5.69 Å². The van der Waals surface area contributed by atoms with Crippen molar-refractivity contribution in [3.8, 4) is 17.2 Å². The Bertz CT molecular complexity index is 858. The van der Waals surface area contributed by atoms with Crippen molar-refractivity contribution < 1.29 is 14.2 Å². The zero-order chi connectivity index (χ0) is 22.1. The number of benzene rings is 2. The first-order valence-corrected chi connectivity index (χ1v) is 10.8. The highest BCUT2D eigenvalue weighted by Gasteiger charge is 2.23. The molecule has 31 heavy (non-hydrogen) atoms. The first kappa shape index (κ1) is 22.6. The smallest absolute Gasteiger partial charge is 0.191 e. The van der Waals surface area contributed by atoms with Gasteiger partial charge in [-0.2, -0.15) is 0 Å². The molecule has 2 aromatic rings. The summed E-state index contributed by atoms with van der Waals surface area (Å²) in [6, 6.07) is 15.9. The number of ether oxygens (including phenoxy) is 3. The van der Waals surface area contributed by atoms with Crippen molar-refractivity contribution in [1.82, 2.24) is 10.6 Å². The monoisotopic (exact) mass is 426 g/mol. The molecule has 7 heteroatoms. The van der Waals surface area contributed by atoms with E-state index < -0.39 is 0 Å². The van der Waals surface area contributed by atoms with Crippen LogP contribution < -0.4 is 29.7 Å². The van der Waals surface area contributed by atoms with Crippen LogP contribution in [0.15, 0.2) is 53.5 Å². The van der Waals surface area contributed by atoms with Crippen molar-refractivity contribution >= 4 is 11.6 Å². The number of rotatable bonds is 9.